The molecule has 0 unspecified atom stereocenters. The lowest BCUT2D eigenvalue weighted by molar-refractivity contribution is 0.255. The van der Waals surface area contributed by atoms with E-state index >= 15 is 0 Å². The third-order valence-corrected chi connectivity index (χ3v) is 3.82. The van der Waals surface area contributed by atoms with E-state index in [4.69, 9.17) is 5.11 Å². The Hall–Kier alpha value is -0.0400. The molecular weight excluding hydrogens is 208 g/mol. The second kappa shape index (κ2) is 12.4. The van der Waals surface area contributed by atoms with E-state index in [2.05, 4.69) is 20.8 Å². The van der Waals surface area contributed by atoms with Crippen molar-refractivity contribution in [2.45, 2.75) is 85.0 Å². The van der Waals surface area contributed by atoms with Gasteiger partial charge in [0.25, 0.3) is 0 Å². The summed E-state index contributed by atoms with van der Waals surface area (Å²) in [5, 5.41) is 8.83. The van der Waals surface area contributed by atoms with Crippen LogP contribution in [-0.2, 0) is 0 Å². The Morgan fingerprint density at radius 3 is 1.82 bits per heavy atom. The predicted octanol–water partition coefficient (Wildman–Crippen LogP) is 5.17. The Morgan fingerprint density at radius 2 is 1.24 bits per heavy atom. The van der Waals surface area contributed by atoms with Gasteiger partial charge in [-0.15, -0.1) is 0 Å². The molecule has 1 nitrogen and oxygen atoms in total. The fourth-order valence-corrected chi connectivity index (χ4v) is 2.42. The maximum atomic E-state index is 8.83. The normalized spacial score (nSPS) is 14.8. The molecule has 0 saturated heterocycles. The largest absolute Gasteiger partial charge is 0.396 e. The topological polar surface area (TPSA) is 20.2 Å². The molecule has 0 amide bonds. The molecule has 0 aromatic heterocycles. The van der Waals surface area contributed by atoms with E-state index < -0.39 is 0 Å². The van der Waals surface area contributed by atoms with Gasteiger partial charge in [0.15, 0.2) is 0 Å². The summed E-state index contributed by atoms with van der Waals surface area (Å²) in [7, 11) is 0. The summed E-state index contributed by atoms with van der Waals surface area (Å²) >= 11 is 0. The monoisotopic (exact) mass is 242 g/mol. The van der Waals surface area contributed by atoms with E-state index in [0.717, 1.165) is 12.3 Å². The van der Waals surface area contributed by atoms with Gasteiger partial charge < -0.3 is 5.11 Å². The van der Waals surface area contributed by atoms with Gasteiger partial charge in [0.05, 0.1) is 0 Å². The molecule has 0 heterocycles. The standard InChI is InChI=1S/C16H34O/c1-4-5-6-7-8-10-15(2)11-9-12-16(3)13-14-17/h15-17H,4-14H2,1-3H3/t15-,16-/m0/s1. The molecule has 0 spiro atoms. The highest BCUT2D eigenvalue weighted by molar-refractivity contribution is 4.58. The van der Waals surface area contributed by atoms with Gasteiger partial charge in [-0.25, -0.2) is 0 Å². The third-order valence-electron chi connectivity index (χ3n) is 3.82. The lowest BCUT2D eigenvalue weighted by atomic mass is 9.93. The first-order chi connectivity index (χ1) is 8.20. The highest BCUT2D eigenvalue weighted by Crippen LogP contribution is 2.19. The van der Waals surface area contributed by atoms with Crippen LogP contribution in [0.5, 0.6) is 0 Å². The van der Waals surface area contributed by atoms with Crippen LogP contribution in [0.1, 0.15) is 85.0 Å². The zero-order valence-corrected chi connectivity index (χ0v) is 12.4. The fraction of sp³-hybridized carbons (Fsp3) is 1.00. The molecule has 0 fully saturated rings. The van der Waals surface area contributed by atoms with Crippen molar-refractivity contribution in [2.75, 3.05) is 6.61 Å². The molecule has 0 aliphatic carbocycles. The first kappa shape index (κ1) is 17.0. The fourth-order valence-electron chi connectivity index (χ4n) is 2.42. The minimum absolute atomic E-state index is 0.355. The molecule has 0 radical (unpaired) electrons. The lowest BCUT2D eigenvalue weighted by Gasteiger charge is -2.13. The van der Waals surface area contributed by atoms with Crippen molar-refractivity contribution in [3.05, 3.63) is 0 Å². The molecule has 0 aliphatic heterocycles. The van der Waals surface area contributed by atoms with Crippen LogP contribution in [0.3, 0.4) is 0 Å². The molecular formula is C16H34O. The first-order valence-electron chi connectivity index (χ1n) is 7.81. The Bertz CT molecular complexity index is 144. The maximum absolute atomic E-state index is 8.83. The summed E-state index contributed by atoms with van der Waals surface area (Å²) in [6.07, 6.45) is 13.4. The summed E-state index contributed by atoms with van der Waals surface area (Å²) in [5.41, 5.74) is 0. The summed E-state index contributed by atoms with van der Waals surface area (Å²) in [5.74, 6) is 1.61. The summed E-state index contributed by atoms with van der Waals surface area (Å²) in [6, 6.07) is 0. The Morgan fingerprint density at radius 1 is 0.706 bits per heavy atom. The van der Waals surface area contributed by atoms with E-state index in [9.17, 15) is 0 Å². The summed E-state index contributed by atoms with van der Waals surface area (Å²) < 4.78 is 0. The van der Waals surface area contributed by atoms with E-state index in [1.165, 1.54) is 57.8 Å². The van der Waals surface area contributed by atoms with Gasteiger partial charge in [0, 0.05) is 6.61 Å². The molecule has 1 heteroatoms. The number of unbranched alkanes of at least 4 members (excludes halogenated alkanes) is 4. The molecule has 0 rings (SSSR count). The highest BCUT2D eigenvalue weighted by Gasteiger charge is 2.05. The maximum Gasteiger partial charge on any atom is 0.0433 e. The van der Waals surface area contributed by atoms with E-state index in [1.54, 1.807) is 0 Å². The van der Waals surface area contributed by atoms with Gasteiger partial charge >= 0.3 is 0 Å². The molecule has 17 heavy (non-hydrogen) atoms. The second-order valence-corrected chi connectivity index (χ2v) is 5.86. The zero-order chi connectivity index (χ0) is 12.9. The minimum atomic E-state index is 0.355. The van der Waals surface area contributed by atoms with Crippen molar-refractivity contribution < 1.29 is 5.11 Å². The van der Waals surface area contributed by atoms with Crippen LogP contribution in [0.25, 0.3) is 0 Å². The first-order valence-corrected chi connectivity index (χ1v) is 7.81. The van der Waals surface area contributed by atoms with E-state index in [1.807, 2.05) is 0 Å². The number of rotatable bonds is 12. The van der Waals surface area contributed by atoms with Crippen LogP contribution < -0.4 is 0 Å². The predicted molar refractivity (Wildman–Crippen MR) is 77.3 cm³/mol. The van der Waals surface area contributed by atoms with Crippen LogP contribution in [-0.4, -0.2) is 11.7 Å². The molecule has 1 N–H and O–H groups in total. The summed E-state index contributed by atoms with van der Waals surface area (Å²) in [6.45, 7) is 7.28. The van der Waals surface area contributed by atoms with Crippen molar-refractivity contribution in [1.82, 2.24) is 0 Å². The second-order valence-electron chi connectivity index (χ2n) is 5.86. The van der Waals surface area contributed by atoms with Gasteiger partial charge in [0.1, 0.15) is 0 Å². The van der Waals surface area contributed by atoms with Crippen molar-refractivity contribution in [3.63, 3.8) is 0 Å². The zero-order valence-electron chi connectivity index (χ0n) is 12.4. The minimum Gasteiger partial charge on any atom is -0.396 e. The number of aliphatic hydroxyl groups excluding tert-OH is 1. The Labute approximate surface area is 109 Å². The van der Waals surface area contributed by atoms with Gasteiger partial charge in [-0.05, 0) is 18.3 Å². The third kappa shape index (κ3) is 12.2. The van der Waals surface area contributed by atoms with Crippen molar-refractivity contribution in [2.24, 2.45) is 11.8 Å². The molecule has 0 aromatic carbocycles. The Balaban J connectivity index is 3.25. The SMILES string of the molecule is CCCCCCC[C@H](C)CCC[C@H](C)CCO. The van der Waals surface area contributed by atoms with Gasteiger partial charge in [0.2, 0.25) is 0 Å². The molecule has 0 aliphatic rings. The van der Waals surface area contributed by atoms with Gasteiger partial charge in [-0.3, -0.25) is 0 Å². The van der Waals surface area contributed by atoms with Crippen molar-refractivity contribution >= 4 is 0 Å². The van der Waals surface area contributed by atoms with Gasteiger partial charge in [-0.1, -0.05) is 78.6 Å². The number of hydrogen-bond donors (Lipinski definition) is 1. The van der Waals surface area contributed by atoms with Gasteiger partial charge in [-0.2, -0.15) is 0 Å². The van der Waals surface area contributed by atoms with Crippen LogP contribution in [0.15, 0.2) is 0 Å². The quantitative estimate of drug-likeness (QED) is 0.468. The van der Waals surface area contributed by atoms with Crippen LogP contribution in [0.4, 0.5) is 0 Å². The van der Waals surface area contributed by atoms with Crippen molar-refractivity contribution in [1.29, 1.82) is 0 Å². The smallest absolute Gasteiger partial charge is 0.0433 e. The average molecular weight is 242 g/mol. The Kier molecular flexibility index (Phi) is 12.4. The van der Waals surface area contributed by atoms with Crippen LogP contribution >= 0.6 is 0 Å². The lowest BCUT2D eigenvalue weighted by Crippen LogP contribution is -2.00. The molecule has 104 valence electrons. The van der Waals surface area contributed by atoms with Crippen LogP contribution in [0, 0.1) is 11.8 Å². The highest BCUT2D eigenvalue weighted by atomic mass is 16.3. The summed E-state index contributed by atoms with van der Waals surface area (Å²) in [4.78, 5) is 0. The van der Waals surface area contributed by atoms with Crippen molar-refractivity contribution in [3.8, 4) is 0 Å². The van der Waals surface area contributed by atoms with E-state index in [-0.39, 0.29) is 0 Å². The van der Waals surface area contributed by atoms with Crippen LogP contribution in [0.2, 0.25) is 0 Å². The molecule has 0 aromatic rings. The number of hydrogen-bond acceptors (Lipinski definition) is 1. The molecule has 0 saturated carbocycles. The molecule has 0 bridgehead atoms. The van der Waals surface area contributed by atoms with E-state index in [0.29, 0.717) is 12.5 Å². The average Bonchev–Trinajstić information content (AvgIpc) is 2.29. The molecule has 2 atom stereocenters. The number of aliphatic hydroxyl groups is 1.